The highest BCUT2D eigenvalue weighted by atomic mass is 79.9. The van der Waals surface area contributed by atoms with Crippen LogP contribution >= 0.6 is 15.9 Å². The van der Waals surface area contributed by atoms with Crippen molar-refractivity contribution < 1.29 is 9.53 Å². The summed E-state index contributed by atoms with van der Waals surface area (Å²) < 4.78 is 5.31. The Morgan fingerprint density at radius 2 is 2.00 bits per heavy atom. The fourth-order valence-corrected chi connectivity index (χ4v) is 2.14. The first-order valence-corrected chi connectivity index (χ1v) is 5.87. The molecule has 0 N–H and O–H groups in total. The number of benzene rings is 2. The summed E-state index contributed by atoms with van der Waals surface area (Å²) in [5.41, 5.74) is 0.597. The number of hydrogen-bond donors (Lipinski definition) is 0. The predicted molar refractivity (Wildman–Crippen MR) is 68.4 cm³/mol. The van der Waals surface area contributed by atoms with Crippen LogP contribution in [0.1, 0.15) is 17.3 Å². The molecule has 0 fully saturated rings. The summed E-state index contributed by atoms with van der Waals surface area (Å²) in [5.74, 6) is 0.628. The molecule has 0 aromatic heterocycles. The molecule has 0 bridgehead atoms. The van der Waals surface area contributed by atoms with Gasteiger partial charge in [-0.25, -0.2) is 0 Å². The second-order valence-electron chi connectivity index (χ2n) is 3.37. The minimum atomic E-state index is -0.146. The molecule has 0 amide bonds. The van der Waals surface area contributed by atoms with Gasteiger partial charge >= 0.3 is 0 Å². The zero-order chi connectivity index (χ0) is 11.5. The summed E-state index contributed by atoms with van der Waals surface area (Å²) in [5, 5.41) is 1.95. The molecule has 0 unspecified atom stereocenters. The average molecular weight is 279 g/mol. The van der Waals surface area contributed by atoms with E-state index in [1.165, 1.54) is 0 Å². The van der Waals surface area contributed by atoms with Gasteiger partial charge in [-0.05, 0) is 39.7 Å². The van der Waals surface area contributed by atoms with Gasteiger partial charge < -0.3 is 4.74 Å². The second-order valence-corrected chi connectivity index (χ2v) is 4.09. The Labute approximate surface area is 102 Å². The Bertz CT molecular complexity index is 534. The number of carbonyl (C=O) groups excluding carboxylic acids is 1. The minimum Gasteiger partial charge on any atom is -0.493 e. The van der Waals surface area contributed by atoms with Gasteiger partial charge in [-0.1, -0.05) is 30.3 Å². The van der Waals surface area contributed by atoms with Gasteiger partial charge in [0.05, 0.1) is 12.2 Å². The largest absolute Gasteiger partial charge is 0.493 e. The molecule has 0 saturated carbocycles. The topological polar surface area (TPSA) is 26.3 Å². The number of rotatable bonds is 3. The summed E-state index contributed by atoms with van der Waals surface area (Å²) in [7, 11) is 0. The maximum Gasteiger partial charge on any atom is 0.232 e. The Balaban J connectivity index is 2.73. The van der Waals surface area contributed by atoms with Crippen molar-refractivity contribution in [1.29, 1.82) is 0 Å². The van der Waals surface area contributed by atoms with Crippen molar-refractivity contribution in [1.82, 2.24) is 0 Å². The Morgan fingerprint density at radius 3 is 2.69 bits per heavy atom. The van der Waals surface area contributed by atoms with E-state index in [9.17, 15) is 4.79 Å². The van der Waals surface area contributed by atoms with Crippen LogP contribution in [0, 0.1) is 0 Å². The van der Waals surface area contributed by atoms with Crippen molar-refractivity contribution in [3.8, 4) is 5.75 Å². The molecule has 82 valence electrons. The SMILES string of the molecule is CCOc1ccc2ccccc2c1C(=O)Br. The maximum atomic E-state index is 11.6. The summed E-state index contributed by atoms with van der Waals surface area (Å²) >= 11 is 3.01. The Hall–Kier alpha value is -1.35. The highest BCUT2D eigenvalue weighted by molar-refractivity contribution is 9.18. The molecular weight excluding hydrogens is 268 g/mol. The van der Waals surface area contributed by atoms with E-state index in [2.05, 4.69) is 15.9 Å². The van der Waals surface area contributed by atoms with Crippen LogP contribution in [-0.2, 0) is 0 Å². The van der Waals surface area contributed by atoms with Crippen LogP contribution in [-0.4, -0.2) is 11.3 Å². The molecule has 0 saturated heterocycles. The number of hydrogen-bond acceptors (Lipinski definition) is 2. The molecule has 16 heavy (non-hydrogen) atoms. The van der Waals surface area contributed by atoms with Crippen molar-refractivity contribution in [2.45, 2.75) is 6.92 Å². The van der Waals surface area contributed by atoms with Crippen LogP contribution in [0.3, 0.4) is 0 Å². The van der Waals surface area contributed by atoms with Gasteiger partial charge in [0, 0.05) is 0 Å². The van der Waals surface area contributed by atoms with Crippen LogP contribution in [0.15, 0.2) is 36.4 Å². The van der Waals surface area contributed by atoms with E-state index in [-0.39, 0.29) is 4.69 Å². The number of halogens is 1. The molecule has 0 atom stereocenters. The van der Waals surface area contributed by atoms with Gasteiger partial charge in [0.15, 0.2) is 0 Å². The van der Waals surface area contributed by atoms with Gasteiger partial charge in [-0.15, -0.1) is 0 Å². The van der Waals surface area contributed by atoms with E-state index in [4.69, 9.17) is 4.74 Å². The minimum absolute atomic E-state index is 0.146. The third kappa shape index (κ3) is 1.95. The van der Waals surface area contributed by atoms with Crippen LogP contribution in [0.25, 0.3) is 10.8 Å². The molecule has 0 spiro atoms. The predicted octanol–water partition coefficient (Wildman–Crippen LogP) is 3.77. The van der Waals surface area contributed by atoms with Gasteiger partial charge in [0.2, 0.25) is 4.69 Å². The maximum absolute atomic E-state index is 11.6. The quantitative estimate of drug-likeness (QED) is 0.799. The fraction of sp³-hybridized carbons (Fsp3) is 0.154. The lowest BCUT2D eigenvalue weighted by molar-refractivity contribution is 0.109. The van der Waals surface area contributed by atoms with E-state index in [0.29, 0.717) is 17.9 Å². The van der Waals surface area contributed by atoms with Gasteiger partial charge in [0.25, 0.3) is 0 Å². The number of fused-ring (bicyclic) bond motifs is 1. The van der Waals surface area contributed by atoms with E-state index in [0.717, 1.165) is 10.8 Å². The third-order valence-electron chi connectivity index (χ3n) is 2.39. The van der Waals surface area contributed by atoms with E-state index in [1.807, 2.05) is 43.3 Å². The van der Waals surface area contributed by atoms with Crippen LogP contribution in [0.4, 0.5) is 0 Å². The second kappa shape index (κ2) is 4.66. The average Bonchev–Trinajstić information content (AvgIpc) is 2.28. The summed E-state index contributed by atoms with van der Waals surface area (Å²) in [6.07, 6.45) is 0. The smallest absolute Gasteiger partial charge is 0.232 e. The van der Waals surface area contributed by atoms with Crippen LogP contribution in [0.5, 0.6) is 5.75 Å². The first-order valence-electron chi connectivity index (χ1n) is 5.08. The normalized spacial score (nSPS) is 10.4. The molecule has 0 aliphatic carbocycles. The molecule has 0 aliphatic rings. The van der Waals surface area contributed by atoms with Gasteiger partial charge in [-0.2, -0.15) is 0 Å². The van der Waals surface area contributed by atoms with Crippen molar-refractivity contribution in [2.24, 2.45) is 0 Å². The molecule has 0 heterocycles. The molecule has 0 aliphatic heterocycles. The van der Waals surface area contributed by atoms with E-state index < -0.39 is 0 Å². The highest BCUT2D eigenvalue weighted by Crippen LogP contribution is 2.29. The third-order valence-corrected chi connectivity index (χ3v) is 2.78. The highest BCUT2D eigenvalue weighted by Gasteiger charge is 2.13. The zero-order valence-corrected chi connectivity index (χ0v) is 10.5. The molecule has 2 rings (SSSR count). The number of ether oxygens (including phenoxy) is 1. The lowest BCUT2D eigenvalue weighted by atomic mass is 10.0. The molecule has 2 aromatic carbocycles. The van der Waals surface area contributed by atoms with Crippen LogP contribution < -0.4 is 4.74 Å². The summed E-state index contributed by atoms with van der Waals surface area (Å²) in [6.45, 7) is 2.45. The molecule has 2 nitrogen and oxygen atoms in total. The van der Waals surface area contributed by atoms with Gasteiger partial charge in [-0.3, -0.25) is 4.79 Å². The van der Waals surface area contributed by atoms with Crippen molar-refractivity contribution in [2.75, 3.05) is 6.61 Å². The van der Waals surface area contributed by atoms with Crippen molar-refractivity contribution in [3.05, 3.63) is 42.0 Å². The van der Waals surface area contributed by atoms with Gasteiger partial charge in [0.1, 0.15) is 5.75 Å². The zero-order valence-electron chi connectivity index (χ0n) is 8.87. The molecule has 0 radical (unpaired) electrons. The standard InChI is InChI=1S/C13H11BrO2/c1-2-16-11-8-7-9-5-3-4-6-10(9)12(11)13(14)15/h3-8H,2H2,1H3. The first-order chi connectivity index (χ1) is 7.74. The molecular formula is C13H11BrO2. The summed E-state index contributed by atoms with van der Waals surface area (Å²) in [4.78, 5) is 11.6. The van der Waals surface area contributed by atoms with E-state index in [1.54, 1.807) is 0 Å². The lowest BCUT2D eigenvalue weighted by Crippen LogP contribution is -1.99. The van der Waals surface area contributed by atoms with Crippen molar-refractivity contribution >= 4 is 31.4 Å². The van der Waals surface area contributed by atoms with Crippen LogP contribution in [0.2, 0.25) is 0 Å². The fourth-order valence-electron chi connectivity index (χ4n) is 1.73. The number of carbonyl (C=O) groups is 1. The Morgan fingerprint density at radius 1 is 1.25 bits per heavy atom. The summed E-state index contributed by atoms with van der Waals surface area (Å²) in [6, 6.07) is 11.6. The van der Waals surface area contributed by atoms with E-state index >= 15 is 0 Å². The first kappa shape index (κ1) is 11.1. The van der Waals surface area contributed by atoms with Crippen molar-refractivity contribution in [3.63, 3.8) is 0 Å². The Kier molecular flexibility index (Phi) is 3.25. The molecule has 3 heteroatoms. The molecule has 2 aromatic rings. The lowest BCUT2D eigenvalue weighted by Gasteiger charge is -2.10. The monoisotopic (exact) mass is 278 g/mol.